The number of ether oxygens (including phenoxy) is 1. The first-order valence-corrected chi connectivity index (χ1v) is 6.97. The summed E-state index contributed by atoms with van der Waals surface area (Å²) in [5.74, 6) is 0.831. The molecule has 0 aliphatic rings. The van der Waals surface area contributed by atoms with Crippen molar-refractivity contribution in [2.24, 2.45) is 0 Å². The molecule has 2 heterocycles. The number of nitrogens with zero attached hydrogens (tertiary/aromatic N) is 3. The molecule has 0 atom stereocenters. The van der Waals surface area contributed by atoms with Crippen LogP contribution in [0.3, 0.4) is 0 Å². The number of benzene rings is 1. The Kier molecular flexibility index (Phi) is 3.69. The Morgan fingerprint density at radius 1 is 1.14 bits per heavy atom. The van der Waals surface area contributed by atoms with Gasteiger partial charge in [0.15, 0.2) is 0 Å². The molecule has 3 aromatic rings. The van der Waals surface area contributed by atoms with E-state index in [2.05, 4.69) is 17.0 Å². The van der Waals surface area contributed by atoms with Gasteiger partial charge in [-0.1, -0.05) is 12.1 Å². The highest BCUT2D eigenvalue weighted by molar-refractivity contribution is 5.65. The smallest absolute Gasteiger partial charge is 0.144 e. The number of aromatic nitrogens is 3. The van der Waals surface area contributed by atoms with Crippen molar-refractivity contribution in [1.29, 1.82) is 0 Å². The second-order valence-electron chi connectivity index (χ2n) is 4.76. The van der Waals surface area contributed by atoms with E-state index in [0.29, 0.717) is 6.61 Å². The first-order valence-electron chi connectivity index (χ1n) is 6.97. The third-order valence-corrected chi connectivity index (χ3v) is 3.34. The molecule has 4 heteroatoms. The van der Waals surface area contributed by atoms with E-state index < -0.39 is 0 Å². The molecule has 21 heavy (non-hydrogen) atoms. The highest BCUT2D eigenvalue weighted by atomic mass is 16.5. The summed E-state index contributed by atoms with van der Waals surface area (Å²) in [6.07, 6.45) is 7.52. The van der Waals surface area contributed by atoms with Crippen molar-refractivity contribution in [1.82, 2.24) is 14.8 Å². The van der Waals surface area contributed by atoms with Crippen LogP contribution in [0.15, 0.2) is 55.1 Å². The third-order valence-electron chi connectivity index (χ3n) is 3.34. The monoisotopic (exact) mass is 279 g/mol. The van der Waals surface area contributed by atoms with Crippen LogP contribution in [0, 0.1) is 6.92 Å². The number of hydrogen-bond donors (Lipinski definition) is 0. The van der Waals surface area contributed by atoms with Crippen molar-refractivity contribution in [3.63, 3.8) is 0 Å². The Morgan fingerprint density at radius 2 is 2.00 bits per heavy atom. The van der Waals surface area contributed by atoms with Crippen LogP contribution in [0.25, 0.3) is 16.8 Å². The zero-order valence-corrected chi connectivity index (χ0v) is 12.2. The summed E-state index contributed by atoms with van der Waals surface area (Å²) < 4.78 is 7.50. The van der Waals surface area contributed by atoms with Gasteiger partial charge < -0.3 is 4.74 Å². The Labute approximate surface area is 124 Å². The number of rotatable bonds is 4. The average molecular weight is 279 g/mol. The van der Waals surface area contributed by atoms with E-state index in [9.17, 15) is 0 Å². The van der Waals surface area contributed by atoms with Crippen molar-refractivity contribution in [2.45, 2.75) is 13.8 Å². The van der Waals surface area contributed by atoms with Crippen LogP contribution in [-0.4, -0.2) is 21.4 Å². The van der Waals surface area contributed by atoms with Crippen molar-refractivity contribution < 1.29 is 4.74 Å². The molecule has 0 radical (unpaired) electrons. The Balaban J connectivity index is 2.01. The zero-order valence-electron chi connectivity index (χ0n) is 12.2. The van der Waals surface area contributed by atoms with Crippen LogP contribution >= 0.6 is 0 Å². The normalized spacial score (nSPS) is 10.6. The minimum atomic E-state index is 0.632. The molecular weight excluding hydrogens is 262 g/mol. The van der Waals surface area contributed by atoms with Gasteiger partial charge in [-0.3, -0.25) is 4.98 Å². The van der Waals surface area contributed by atoms with Gasteiger partial charge in [0.05, 0.1) is 12.8 Å². The molecule has 1 aromatic carbocycles. The van der Waals surface area contributed by atoms with E-state index in [1.54, 1.807) is 6.20 Å². The second kappa shape index (κ2) is 5.79. The molecule has 0 saturated carbocycles. The van der Waals surface area contributed by atoms with E-state index in [0.717, 1.165) is 22.6 Å². The highest BCUT2D eigenvalue weighted by Gasteiger charge is 2.09. The maximum absolute atomic E-state index is 5.66. The Bertz CT molecular complexity index is 749. The molecule has 0 saturated heterocycles. The van der Waals surface area contributed by atoms with Gasteiger partial charge in [-0.05, 0) is 37.6 Å². The molecule has 0 fully saturated rings. The highest BCUT2D eigenvalue weighted by Crippen LogP contribution is 2.26. The number of pyridine rings is 1. The molecule has 0 spiro atoms. The van der Waals surface area contributed by atoms with Crippen LogP contribution in [0.4, 0.5) is 0 Å². The molecule has 0 aliphatic carbocycles. The summed E-state index contributed by atoms with van der Waals surface area (Å²) in [6.45, 7) is 4.68. The predicted octanol–water partition coefficient (Wildman–Crippen LogP) is 3.64. The summed E-state index contributed by atoms with van der Waals surface area (Å²) in [7, 11) is 0. The van der Waals surface area contributed by atoms with E-state index in [1.165, 1.54) is 5.56 Å². The molecule has 0 amide bonds. The van der Waals surface area contributed by atoms with Crippen LogP contribution in [0.2, 0.25) is 0 Å². The van der Waals surface area contributed by atoms with Crippen LogP contribution in [-0.2, 0) is 0 Å². The molecule has 3 rings (SSSR count). The lowest BCUT2D eigenvalue weighted by Crippen LogP contribution is -2.00. The van der Waals surface area contributed by atoms with Crippen LogP contribution in [0.1, 0.15) is 12.5 Å². The minimum Gasteiger partial charge on any atom is -0.492 e. The van der Waals surface area contributed by atoms with E-state index in [1.807, 2.05) is 60.5 Å². The predicted molar refractivity (Wildman–Crippen MR) is 82.7 cm³/mol. The molecule has 0 N–H and O–H groups in total. The largest absolute Gasteiger partial charge is 0.492 e. The zero-order chi connectivity index (χ0) is 14.7. The second-order valence-corrected chi connectivity index (χ2v) is 4.76. The van der Waals surface area contributed by atoms with Crippen molar-refractivity contribution >= 4 is 0 Å². The average Bonchev–Trinajstić information content (AvgIpc) is 2.98. The van der Waals surface area contributed by atoms with Crippen molar-refractivity contribution in [2.75, 3.05) is 6.61 Å². The quantitative estimate of drug-likeness (QED) is 0.732. The van der Waals surface area contributed by atoms with Gasteiger partial charge in [-0.25, -0.2) is 4.68 Å². The van der Waals surface area contributed by atoms with Gasteiger partial charge in [-0.2, -0.15) is 5.10 Å². The number of aryl methyl sites for hydroxylation is 1. The topological polar surface area (TPSA) is 39.9 Å². The maximum Gasteiger partial charge on any atom is 0.144 e. The molecule has 0 bridgehead atoms. The molecule has 2 aromatic heterocycles. The molecule has 4 nitrogen and oxygen atoms in total. The van der Waals surface area contributed by atoms with E-state index in [-0.39, 0.29) is 0 Å². The van der Waals surface area contributed by atoms with Gasteiger partial charge in [-0.15, -0.1) is 0 Å². The SMILES string of the molecule is CCOc1ccccc1-n1cc(-c2cnccc2C)cn1. The van der Waals surface area contributed by atoms with Crippen LogP contribution in [0.5, 0.6) is 5.75 Å². The first-order chi connectivity index (χ1) is 10.3. The summed E-state index contributed by atoms with van der Waals surface area (Å²) in [5, 5.41) is 4.46. The lowest BCUT2D eigenvalue weighted by atomic mass is 10.1. The maximum atomic E-state index is 5.66. The fraction of sp³-hybridized carbons (Fsp3) is 0.176. The first kappa shape index (κ1) is 13.4. The van der Waals surface area contributed by atoms with Crippen molar-refractivity contribution in [3.05, 3.63) is 60.7 Å². The van der Waals surface area contributed by atoms with Gasteiger partial charge in [0, 0.05) is 29.7 Å². The van der Waals surface area contributed by atoms with E-state index in [4.69, 9.17) is 4.74 Å². The number of para-hydroxylation sites is 2. The lowest BCUT2D eigenvalue weighted by molar-refractivity contribution is 0.338. The summed E-state index contributed by atoms with van der Waals surface area (Å²) >= 11 is 0. The minimum absolute atomic E-state index is 0.632. The fourth-order valence-corrected chi connectivity index (χ4v) is 2.28. The molecular formula is C17H17N3O. The van der Waals surface area contributed by atoms with Gasteiger partial charge in [0.25, 0.3) is 0 Å². The van der Waals surface area contributed by atoms with Crippen molar-refractivity contribution in [3.8, 4) is 22.6 Å². The Hall–Kier alpha value is -2.62. The lowest BCUT2D eigenvalue weighted by Gasteiger charge is -2.09. The Morgan fingerprint density at radius 3 is 2.81 bits per heavy atom. The van der Waals surface area contributed by atoms with Crippen LogP contribution < -0.4 is 4.74 Å². The standard InChI is InChI=1S/C17H17N3O/c1-3-21-17-7-5-4-6-16(17)20-12-14(10-19-20)15-11-18-9-8-13(15)2/h4-12H,3H2,1-2H3. The summed E-state index contributed by atoms with van der Waals surface area (Å²) in [6, 6.07) is 9.90. The van der Waals surface area contributed by atoms with Gasteiger partial charge in [0.1, 0.15) is 11.4 Å². The van der Waals surface area contributed by atoms with E-state index >= 15 is 0 Å². The summed E-state index contributed by atoms with van der Waals surface area (Å²) in [4.78, 5) is 4.19. The molecule has 106 valence electrons. The van der Waals surface area contributed by atoms with Gasteiger partial charge in [0.2, 0.25) is 0 Å². The number of hydrogen-bond acceptors (Lipinski definition) is 3. The summed E-state index contributed by atoms with van der Waals surface area (Å²) in [5.41, 5.74) is 4.26. The third kappa shape index (κ3) is 2.65. The van der Waals surface area contributed by atoms with Gasteiger partial charge >= 0.3 is 0 Å². The molecule has 0 aliphatic heterocycles. The molecule has 0 unspecified atom stereocenters. The fourth-order valence-electron chi connectivity index (χ4n) is 2.28.